The summed E-state index contributed by atoms with van der Waals surface area (Å²) in [5, 5.41) is 16.7. The Hall–Kier alpha value is -1.98. The molecule has 0 aliphatic rings. The molecule has 0 spiro atoms. The second kappa shape index (κ2) is 5.58. The normalized spacial score (nSPS) is 11.4. The Morgan fingerprint density at radius 3 is 2.96 bits per heavy atom. The number of nitrogen functional groups attached to an aromatic ring is 1. The van der Waals surface area contributed by atoms with Crippen LogP contribution in [0, 0.1) is 0 Å². The molecule has 0 aliphatic heterocycles. The highest BCUT2D eigenvalue weighted by atomic mass is 79.9. The summed E-state index contributed by atoms with van der Waals surface area (Å²) in [5.41, 5.74) is 0.732. The van der Waals surface area contributed by atoms with E-state index >= 15 is 0 Å². The fraction of sp³-hybridized carbons (Fsp3) is 0.0833. The van der Waals surface area contributed by atoms with Crippen LogP contribution < -0.4 is 5.84 Å². The van der Waals surface area contributed by atoms with Crippen molar-refractivity contribution >= 4 is 50.1 Å². The first-order valence-electron chi connectivity index (χ1n) is 6.40. The second-order valence-electron chi connectivity index (χ2n) is 4.55. The molecule has 0 bridgehead atoms. The van der Waals surface area contributed by atoms with Crippen LogP contribution >= 0.6 is 39.0 Å². The van der Waals surface area contributed by atoms with Crippen LogP contribution in [0.3, 0.4) is 0 Å². The van der Waals surface area contributed by atoms with Gasteiger partial charge < -0.3 is 5.84 Å². The monoisotopic (exact) mass is 408 g/mol. The molecule has 0 amide bonds. The molecule has 0 aromatic carbocycles. The summed E-state index contributed by atoms with van der Waals surface area (Å²) in [6, 6.07) is 3.90. The lowest BCUT2D eigenvalue weighted by Gasteiger charge is -2.03. The predicted molar refractivity (Wildman–Crippen MR) is 91.6 cm³/mol. The second-order valence-corrected chi connectivity index (χ2v) is 7.20. The van der Waals surface area contributed by atoms with Crippen molar-refractivity contribution in [2.24, 2.45) is 7.05 Å². The van der Waals surface area contributed by atoms with Gasteiger partial charge in [-0.05, 0) is 39.1 Å². The van der Waals surface area contributed by atoms with Gasteiger partial charge in [-0.3, -0.25) is 0 Å². The average molecular weight is 409 g/mol. The SMILES string of the molecule is Cn1nc(Br)c2c(Sc3nnc(-c4cccs4)n3N)ncnc21. The lowest BCUT2D eigenvalue weighted by Crippen LogP contribution is -2.11. The van der Waals surface area contributed by atoms with Crippen molar-refractivity contribution in [3.05, 3.63) is 28.4 Å². The molecule has 4 aromatic heterocycles. The molecular formula is C12H9BrN8S2. The Bertz CT molecular complexity index is 990. The van der Waals surface area contributed by atoms with E-state index in [4.69, 9.17) is 5.84 Å². The third kappa shape index (κ3) is 2.40. The number of nitrogens with two attached hydrogens (primary N) is 1. The van der Waals surface area contributed by atoms with Crippen molar-refractivity contribution in [2.75, 3.05) is 5.84 Å². The zero-order chi connectivity index (χ0) is 16.0. The average Bonchev–Trinajstić information content (AvgIpc) is 3.23. The van der Waals surface area contributed by atoms with Crippen LogP contribution in [0.1, 0.15) is 0 Å². The Balaban J connectivity index is 1.78. The maximum Gasteiger partial charge on any atom is 0.216 e. The molecule has 0 fully saturated rings. The third-order valence-electron chi connectivity index (χ3n) is 3.14. The highest BCUT2D eigenvalue weighted by molar-refractivity contribution is 9.10. The van der Waals surface area contributed by atoms with Gasteiger partial charge in [0.05, 0.1) is 10.3 Å². The Morgan fingerprint density at radius 2 is 2.17 bits per heavy atom. The van der Waals surface area contributed by atoms with Crippen molar-refractivity contribution in [1.82, 2.24) is 34.6 Å². The molecule has 0 saturated heterocycles. The third-order valence-corrected chi connectivity index (χ3v) is 5.52. The highest BCUT2D eigenvalue weighted by Gasteiger charge is 2.18. The number of thiophene rings is 1. The Morgan fingerprint density at radius 1 is 1.30 bits per heavy atom. The van der Waals surface area contributed by atoms with Gasteiger partial charge in [0.15, 0.2) is 11.5 Å². The van der Waals surface area contributed by atoms with Gasteiger partial charge in [0.1, 0.15) is 16.0 Å². The van der Waals surface area contributed by atoms with Crippen LogP contribution in [0.2, 0.25) is 0 Å². The van der Waals surface area contributed by atoms with E-state index in [1.54, 1.807) is 16.0 Å². The molecule has 4 rings (SSSR count). The van der Waals surface area contributed by atoms with E-state index in [1.165, 1.54) is 22.8 Å². The number of halogens is 1. The van der Waals surface area contributed by atoms with Gasteiger partial charge in [-0.25, -0.2) is 19.3 Å². The predicted octanol–water partition coefficient (Wildman–Crippen LogP) is 2.31. The number of nitrogens with zero attached hydrogens (tertiary/aromatic N) is 7. The van der Waals surface area contributed by atoms with Gasteiger partial charge >= 0.3 is 0 Å². The first-order chi connectivity index (χ1) is 11.1. The van der Waals surface area contributed by atoms with Gasteiger partial charge in [0.25, 0.3) is 0 Å². The highest BCUT2D eigenvalue weighted by Crippen LogP contribution is 2.34. The Labute approximate surface area is 146 Å². The zero-order valence-electron chi connectivity index (χ0n) is 11.7. The molecule has 4 heterocycles. The molecule has 0 unspecified atom stereocenters. The van der Waals surface area contributed by atoms with Gasteiger partial charge in [0.2, 0.25) is 5.16 Å². The van der Waals surface area contributed by atoms with Gasteiger partial charge in [0, 0.05) is 7.05 Å². The van der Waals surface area contributed by atoms with Crippen molar-refractivity contribution in [3.63, 3.8) is 0 Å². The molecule has 4 aromatic rings. The molecule has 23 heavy (non-hydrogen) atoms. The van der Waals surface area contributed by atoms with Crippen molar-refractivity contribution < 1.29 is 0 Å². The molecule has 11 heteroatoms. The maximum absolute atomic E-state index is 6.13. The summed E-state index contributed by atoms with van der Waals surface area (Å²) in [6.45, 7) is 0. The quantitative estimate of drug-likeness (QED) is 0.409. The number of aryl methyl sites for hydroxylation is 1. The van der Waals surface area contributed by atoms with E-state index < -0.39 is 0 Å². The summed E-state index contributed by atoms with van der Waals surface area (Å²) in [4.78, 5) is 9.53. The van der Waals surface area contributed by atoms with E-state index in [1.807, 2.05) is 24.6 Å². The maximum atomic E-state index is 6.13. The van der Waals surface area contributed by atoms with Crippen molar-refractivity contribution in [1.29, 1.82) is 0 Å². The first-order valence-corrected chi connectivity index (χ1v) is 8.89. The minimum absolute atomic E-state index is 0.546. The Kier molecular flexibility index (Phi) is 3.54. The molecule has 0 saturated carbocycles. The van der Waals surface area contributed by atoms with Crippen molar-refractivity contribution in [2.45, 2.75) is 10.2 Å². The van der Waals surface area contributed by atoms with Crippen LogP contribution in [0.15, 0.2) is 38.6 Å². The molecule has 0 aliphatic carbocycles. The molecule has 8 nitrogen and oxygen atoms in total. The van der Waals surface area contributed by atoms with E-state index in [-0.39, 0.29) is 0 Å². The van der Waals surface area contributed by atoms with Gasteiger partial charge in [-0.15, -0.1) is 21.5 Å². The summed E-state index contributed by atoms with van der Waals surface area (Å²) < 4.78 is 3.84. The standard InChI is InChI=1S/C12H9BrN8S2/c1-20-10-7(8(13)19-20)11(16-5-15-10)23-12-18-17-9(21(12)14)6-3-2-4-22-6/h2-5H,14H2,1H3. The molecule has 2 N–H and O–H groups in total. The molecule has 116 valence electrons. The largest absolute Gasteiger partial charge is 0.335 e. The fourth-order valence-electron chi connectivity index (χ4n) is 2.10. The summed E-state index contributed by atoms with van der Waals surface area (Å²) in [6.07, 6.45) is 1.50. The minimum atomic E-state index is 0.546. The smallest absolute Gasteiger partial charge is 0.216 e. The fourth-order valence-corrected chi connectivity index (χ4v) is 4.37. The van der Waals surface area contributed by atoms with Gasteiger partial charge in [-0.1, -0.05) is 6.07 Å². The lowest BCUT2D eigenvalue weighted by atomic mass is 10.4. The summed E-state index contributed by atoms with van der Waals surface area (Å²) >= 11 is 6.32. The molecule has 0 atom stereocenters. The van der Waals surface area contributed by atoms with Gasteiger partial charge in [-0.2, -0.15) is 5.10 Å². The summed E-state index contributed by atoms with van der Waals surface area (Å²) in [7, 11) is 1.83. The number of fused-ring (bicyclic) bond motifs is 1. The first kappa shape index (κ1) is 14.6. The zero-order valence-corrected chi connectivity index (χ0v) is 14.9. The summed E-state index contributed by atoms with van der Waals surface area (Å²) in [5.74, 6) is 6.75. The van der Waals surface area contributed by atoms with Crippen LogP contribution in [-0.4, -0.2) is 34.6 Å². The number of hydrogen-bond donors (Lipinski definition) is 1. The van der Waals surface area contributed by atoms with Crippen molar-refractivity contribution in [3.8, 4) is 10.7 Å². The minimum Gasteiger partial charge on any atom is -0.335 e. The topological polar surface area (TPSA) is 100 Å². The van der Waals surface area contributed by atoms with Crippen LogP contribution in [0.5, 0.6) is 0 Å². The van der Waals surface area contributed by atoms with Crippen LogP contribution in [-0.2, 0) is 7.05 Å². The number of rotatable bonds is 3. The molecular weight excluding hydrogens is 400 g/mol. The van der Waals surface area contributed by atoms with Crippen LogP contribution in [0.4, 0.5) is 0 Å². The van der Waals surface area contributed by atoms with Crippen LogP contribution in [0.25, 0.3) is 21.7 Å². The van der Waals surface area contributed by atoms with E-state index in [0.717, 1.165) is 15.9 Å². The van der Waals surface area contributed by atoms with E-state index in [2.05, 4.69) is 41.2 Å². The number of aromatic nitrogens is 7. The molecule has 0 radical (unpaired) electrons. The van der Waals surface area contributed by atoms with E-state index in [9.17, 15) is 0 Å². The van der Waals surface area contributed by atoms with E-state index in [0.29, 0.717) is 20.6 Å². The lowest BCUT2D eigenvalue weighted by molar-refractivity contribution is 0.777. The number of hydrogen-bond acceptors (Lipinski definition) is 8.